The van der Waals surface area contributed by atoms with Crippen LogP contribution in [-0.4, -0.2) is 32.6 Å². The van der Waals surface area contributed by atoms with Gasteiger partial charge in [-0.3, -0.25) is 9.59 Å². The lowest BCUT2D eigenvalue weighted by molar-refractivity contribution is -0.118. The van der Waals surface area contributed by atoms with Gasteiger partial charge in [0.05, 0.1) is 22.0 Å². The number of sulfone groups is 1. The number of fused-ring (bicyclic) bond motifs is 1. The topological polar surface area (TPSA) is 102 Å². The van der Waals surface area contributed by atoms with Crippen LogP contribution in [0.1, 0.15) is 12.0 Å². The molecule has 0 aromatic heterocycles. The van der Waals surface area contributed by atoms with Crippen LogP contribution in [0.3, 0.4) is 0 Å². The molecule has 1 heterocycles. The Morgan fingerprint density at radius 2 is 1.92 bits per heavy atom. The maximum absolute atomic E-state index is 12.3. The number of carbonyl (C=O) groups excluding carboxylic acids is 2. The largest absolute Gasteiger partial charge is 0.479 e. The number of ether oxygens (including phenoxy) is 1. The van der Waals surface area contributed by atoms with Crippen molar-refractivity contribution < 1.29 is 22.7 Å². The van der Waals surface area contributed by atoms with Crippen molar-refractivity contribution >= 4 is 33.0 Å². The summed E-state index contributed by atoms with van der Waals surface area (Å²) in [6.45, 7) is 1.73. The highest BCUT2D eigenvalue weighted by atomic mass is 32.2. The van der Waals surface area contributed by atoms with Gasteiger partial charge in [0.2, 0.25) is 5.91 Å². The Bertz CT molecular complexity index is 952. The van der Waals surface area contributed by atoms with Gasteiger partial charge >= 0.3 is 0 Å². The minimum atomic E-state index is -3.54. The summed E-state index contributed by atoms with van der Waals surface area (Å²) >= 11 is 0. The molecule has 0 spiro atoms. The highest BCUT2D eigenvalue weighted by Gasteiger charge is 2.21. The fourth-order valence-electron chi connectivity index (χ4n) is 2.52. The van der Waals surface area contributed by atoms with Crippen LogP contribution in [0.5, 0.6) is 5.75 Å². The maximum Gasteiger partial charge on any atom is 0.262 e. The minimum absolute atomic E-state index is 0.137. The Morgan fingerprint density at radius 3 is 2.65 bits per heavy atom. The summed E-state index contributed by atoms with van der Waals surface area (Å²) in [5.41, 5.74) is 1.81. The molecule has 0 bridgehead atoms. The molecule has 0 aliphatic carbocycles. The molecule has 0 fully saturated rings. The molecule has 2 amide bonds. The third-order valence-electron chi connectivity index (χ3n) is 3.89. The molecule has 1 aliphatic rings. The predicted octanol–water partition coefficient (Wildman–Crippen LogP) is 2.13. The van der Waals surface area contributed by atoms with E-state index in [1.807, 2.05) is 6.92 Å². The molecule has 26 heavy (non-hydrogen) atoms. The molecule has 8 heteroatoms. The molecule has 136 valence electrons. The van der Waals surface area contributed by atoms with E-state index in [-0.39, 0.29) is 29.6 Å². The number of benzene rings is 2. The second-order valence-electron chi connectivity index (χ2n) is 5.95. The lowest BCUT2D eigenvalue weighted by atomic mass is 10.2. The first-order valence-corrected chi connectivity index (χ1v) is 9.65. The van der Waals surface area contributed by atoms with E-state index in [0.29, 0.717) is 17.1 Å². The molecule has 2 aromatic carbocycles. The van der Waals surface area contributed by atoms with E-state index in [1.54, 1.807) is 30.3 Å². The van der Waals surface area contributed by atoms with E-state index in [4.69, 9.17) is 4.74 Å². The van der Waals surface area contributed by atoms with Crippen LogP contribution in [0.25, 0.3) is 0 Å². The normalized spacial score (nSPS) is 13.3. The predicted molar refractivity (Wildman–Crippen MR) is 97.0 cm³/mol. The minimum Gasteiger partial charge on any atom is -0.479 e. The number of para-hydroxylation sites is 1. The van der Waals surface area contributed by atoms with Crippen LogP contribution in [0, 0.1) is 6.92 Å². The van der Waals surface area contributed by atoms with Crippen LogP contribution < -0.4 is 15.4 Å². The van der Waals surface area contributed by atoms with E-state index in [2.05, 4.69) is 10.6 Å². The third kappa shape index (κ3) is 4.02. The molecule has 3 rings (SSSR count). The first kappa shape index (κ1) is 17.9. The van der Waals surface area contributed by atoms with Gasteiger partial charge in [-0.1, -0.05) is 23.8 Å². The summed E-state index contributed by atoms with van der Waals surface area (Å²) in [6.07, 6.45) is -0.188. The number of aryl methyl sites for hydroxylation is 1. The summed E-state index contributed by atoms with van der Waals surface area (Å²) in [5, 5.41) is 5.28. The lowest BCUT2D eigenvalue weighted by Gasteiger charge is -2.20. The summed E-state index contributed by atoms with van der Waals surface area (Å²) < 4.78 is 30.0. The Balaban J connectivity index is 1.66. The molecule has 0 radical (unpaired) electrons. The summed E-state index contributed by atoms with van der Waals surface area (Å²) in [7, 11) is -3.54. The first-order chi connectivity index (χ1) is 12.3. The monoisotopic (exact) mass is 374 g/mol. The molecule has 0 unspecified atom stereocenters. The molecule has 0 atom stereocenters. The number of anilines is 2. The van der Waals surface area contributed by atoms with Gasteiger partial charge in [0.15, 0.2) is 22.2 Å². The summed E-state index contributed by atoms with van der Waals surface area (Å²) in [5.74, 6) is -0.657. The van der Waals surface area contributed by atoms with Crippen molar-refractivity contribution in [2.45, 2.75) is 18.2 Å². The quantitative estimate of drug-likeness (QED) is 0.835. The fourth-order valence-corrected chi connectivity index (χ4v) is 3.76. The number of rotatable bonds is 5. The van der Waals surface area contributed by atoms with Crippen molar-refractivity contribution in [3.63, 3.8) is 0 Å². The van der Waals surface area contributed by atoms with Crippen LogP contribution in [0.4, 0.5) is 11.4 Å². The second-order valence-corrected chi connectivity index (χ2v) is 8.06. The zero-order valence-electron chi connectivity index (χ0n) is 14.1. The van der Waals surface area contributed by atoms with Crippen molar-refractivity contribution in [3.8, 4) is 5.75 Å². The molecular weight excluding hydrogens is 356 g/mol. The van der Waals surface area contributed by atoms with Crippen molar-refractivity contribution in [1.82, 2.24) is 0 Å². The fraction of sp³-hybridized carbons (Fsp3) is 0.222. The average molecular weight is 374 g/mol. The second kappa shape index (κ2) is 7.17. The smallest absolute Gasteiger partial charge is 0.262 e. The number of nitrogens with one attached hydrogen (secondary N) is 2. The Morgan fingerprint density at radius 1 is 1.19 bits per heavy atom. The molecule has 1 aliphatic heterocycles. The Labute approximate surface area is 151 Å². The number of amides is 2. The Kier molecular flexibility index (Phi) is 4.94. The van der Waals surface area contributed by atoms with Gasteiger partial charge in [-0.25, -0.2) is 8.42 Å². The van der Waals surface area contributed by atoms with Gasteiger partial charge in [0, 0.05) is 6.42 Å². The lowest BCUT2D eigenvalue weighted by Crippen LogP contribution is -2.26. The molecular formula is C18H18N2O5S. The van der Waals surface area contributed by atoms with Crippen LogP contribution in [0.2, 0.25) is 0 Å². The van der Waals surface area contributed by atoms with Gasteiger partial charge < -0.3 is 15.4 Å². The summed E-state index contributed by atoms with van der Waals surface area (Å²) in [4.78, 5) is 23.7. The number of hydrogen-bond acceptors (Lipinski definition) is 5. The zero-order valence-corrected chi connectivity index (χ0v) is 14.9. The van der Waals surface area contributed by atoms with Gasteiger partial charge in [0.25, 0.3) is 5.91 Å². The van der Waals surface area contributed by atoms with Gasteiger partial charge in [-0.15, -0.1) is 0 Å². The SMILES string of the molecule is Cc1ccc(S(=O)(=O)CCC(=O)Nc2cccc3c2OCC(=O)N3)cc1. The molecule has 2 N–H and O–H groups in total. The van der Waals surface area contributed by atoms with Crippen molar-refractivity contribution in [3.05, 3.63) is 48.0 Å². The van der Waals surface area contributed by atoms with E-state index < -0.39 is 15.7 Å². The highest BCUT2D eigenvalue weighted by molar-refractivity contribution is 7.91. The van der Waals surface area contributed by atoms with Gasteiger partial charge in [-0.05, 0) is 31.2 Å². The highest BCUT2D eigenvalue weighted by Crippen LogP contribution is 2.35. The first-order valence-electron chi connectivity index (χ1n) is 8.00. The van der Waals surface area contributed by atoms with E-state index in [9.17, 15) is 18.0 Å². The van der Waals surface area contributed by atoms with E-state index in [0.717, 1.165) is 5.56 Å². The number of carbonyl (C=O) groups is 2. The van der Waals surface area contributed by atoms with Gasteiger partial charge in [0.1, 0.15) is 0 Å². The van der Waals surface area contributed by atoms with Crippen LogP contribution >= 0.6 is 0 Å². The summed E-state index contributed by atoms with van der Waals surface area (Å²) in [6, 6.07) is 11.4. The standard InChI is InChI=1S/C18H18N2O5S/c1-12-5-7-13(8-6-12)26(23,24)10-9-16(21)19-14-3-2-4-15-18(14)25-11-17(22)20-15/h2-8H,9-11H2,1H3,(H,19,21)(H,20,22). The van der Waals surface area contributed by atoms with Crippen LogP contribution in [-0.2, 0) is 19.4 Å². The molecule has 0 saturated carbocycles. The van der Waals surface area contributed by atoms with Crippen molar-refractivity contribution in [2.75, 3.05) is 23.0 Å². The van der Waals surface area contributed by atoms with Crippen molar-refractivity contribution in [1.29, 1.82) is 0 Å². The third-order valence-corrected chi connectivity index (χ3v) is 5.62. The van der Waals surface area contributed by atoms with E-state index in [1.165, 1.54) is 12.1 Å². The Hall–Kier alpha value is -2.87. The number of hydrogen-bond donors (Lipinski definition) is 2. The van der Waals surface area contributed by atoms with Crippen LogP contribution in [0.15, 0.2) is 47.4 Å². The molecule has 2 aromatic rings. The van der Waals surface area contributed by atoms with Gasteiger partial charge in [-0.2, -0.15) is 0 Å². The molecule has 0 saturated heterocycles. The maximum atomic E-state index is 12.3. The average Bonchev–Trinajstić information content (AvgIpc) is 2.60. The van der Waals surface area contributed by atoms with Crippen molar-refractivity contribution in [2.24, 2.45) is 0 Å². The van der Waals surface area contributed by atoms with E-state index >= 15 is 0 Å². The molecule has 7 nitrogen and oxygen atoms in total. The zero-order chi connectivity index (χ0) is 18.7.